The van der Waals surface area contributed by atoms with Gasteiger partial charge in [0.05, 0.1) is 13.2 Å². The molecule has 2 aliphatic rings. The topological polar surface area (TPSA) is 48.6 Å². The first kappa shape index (κ1) is 19.3. The van der Waals surface area contributed by atoms with Crippen LogP contribution in [0.3, 0.4) is 0 Å². The molecule has 1 unspecified atom stereocenters. The molecule has 0 saturated carbocycles. The smallest absolute Gasteiger partial charge is 0.239 e. The normalized spacial score (nSPS) is 21.9. The fourth-order valence-electron chi connectivity index (χ4n) is 5.03. The number of carbonyl (C=O) groups is 1. The minimum Gasteiger partial charge on any atom is -0.497 e. The quantitative estimate of drug-likeness (QED) is 0.844. The zero-order valence-corrected chi connectivity index (χ0v) is 17.2. The first-order valence-corrected chi connectivity index (χ1v) is 10.9. The van der Waals surface area contributed by atoms with Crippen molar-refractivity contribution in [2.45, 2.75) is 57.4 Å². The molecule has 0 spiro atoms. The Kier molecular flexibility index (Phi) is 5.90. The third-order valence-corrected chi connectivity index (χ3v) is 6.58. The predicted octanol–water partition coefficient (Wildman–Crippen LogP) is 4.15. The predicted molar refractivity (Wildman–Crippen MR) is 113 cm³/mol. The van der Waals surface area contributed by atoms with Crippen molar-refractivity contribution >= 4 is 16.8 Å². The largest absolute Gasteiger partial charge is 0.497 e. The number of benzene rings is 1. The third-order valence-electron chi connectivity index (χ3n) is 6.58. The van der Waals surface area contributed by atoms with Crippen molar-refractivity contribution in [1.29, 1.82) is 0 Å². The summed E-state index contributed by atoms with van der Waals surface area (Å²) in [6.45, 7) is 6.08. The molecule has 0 aliphatic carbocycles. The number of amides is 1. The molecule has 2 saturated heterocycles. The van der Waals surface area contributed by atoms with Crippen LogP contribution in [-0.2, 0) is 4.79 Å². The van der Waals surface area contributed by atoms with Crippen LogP contribution in [0.4, 0.5) is 0 Å². The van der Waals surface area contributed by atoms with Crippen LogP contribution in [0, 0.1) is 0 Å². The van der Waals surface area contributed by atoms with Crippen LogP contribution in [0.15, 0.2) is 24.4 Å². The summed E-state index contributed by atoms with van der Waals surface area (Å²) in [5, 5.41) is 1.26. The summed E-state index contributed by atoms with van der Waals surface area (Å²) in [5.41, 5.74) is 2.53. The van der Waals surface area contributed by atoms with Gasteiger partial charge in [-0.15, -0.1) is 0 Å². The standard InChI is InChI=1S/C23H33N3O2/c1-3-11-25-12-5-4-6-22(25)23(27)26-13-9-17(10-14-26)20-16-24-21-8-7-18(28-2)15-19(20)21/h7-8,15-17,22,24H,3-6,9-14H2,1-2H3. The number of piperidine rings is 2. The summed E-state index contributed by atoms with van der Waals surface area (Å²) in [6.07, 6.45) is 8.79. The van der Waals surface area contributed by atoms with Crippen LogP contribution in [0.25, 0.3) is 10.9 Å². The molecule has 0 radical (unpaired) electrons. The fourth-order valence-corrected chi connectivity index (χ4v) is 5.03. The number of likely N-dealkylation sites (tertiary alicyclic amines) is 2. The van der Waals surface area contributed by atoms with E-state index in [9.17, 15) is 4.79 Å². The molecular weight excluding hydrogens is 350 g/mol. The number of methoxy groups -OCH3 is 1. The molecule has 1 amide bonds. The zero-order chi connectivity index (χ0) is 19.5. The van der Waals surface area contributed by atoms with Crippen LogP contribution in [0.1, 0.15) is 56.9 Å². The van der Waals surface area contributed by atoms with Gasteiger partial charge >= 0.3 is 0 Å². The number of aromatic amines is 1. The number of fused-ring (bicyclic) bond motifs is 1. The lowest BCUT2D eigenvalue weighted by Crippen LogP contribution is -2.52. The highest BCUT2D eigenvalue weighted by Gasteiger charge is 2.33. The van der Waals surface area contributed by atoms with Crippen molar-refractivity contribution in [2.75, 3.05) is 33.3 Å². The lowest BCUT2D eigenvalue weighted by atomic mass is 9.88. The van der Waals surface area contributed by atoms with Gasteiger partial charge in [-0.1, -0.05) is 13.3 Å². The maximum atomic E-state index is 13.2. The number of nitrogens with one attached hydrogen (secondary N) is 1. The van der Waals surface area contributed by atoms with Gasteiger partial charge in [-0.25, -0.2) is 0 Å². The van der Waals surface area contributed by atoms with E-state index in [-0.39, 0.29) is 6.04 Å². The van der Waals surface area contributed by atoms with Crippen molar-refractivity contribution < 1.29 is 9.53 Å². The lowest BCUT2D eigenvalue weighted by Gasteiger charge is -2.40. The van der Waals surface area contributed by atoms with E-state index in [2.05, 4.69) is 40.0 Å². The maximum absolute atomic E-state index is 13.2. The second-order valence-electron chi connectivity index (χ2n) is 8.30. The molecule has 152 valence electrons. The molecule has 2 aromatic rings. The molecule has 1 atom stereocenters. The summed E-state index contributed by atoms with van der Waals surface area (Å²) < 4.78 is 5.41. The van der Waals surface area contributed by atoms with Gasteiger partial charge in [0.15, 0.2) is 0 Å². The molecule has 4 rings (SSSR count). The Morgan fingerprint density at radius 2 is 2.00 bits per heavy atom. The van der Waals surface area contributed by atoms with Crippen LogP contribution in [0.2, 0.25) is 0 Å². The SMILES string of the molecule is CCCN1CCCCC1C(=O)N1CCC(c2c[nH]c3ccc(OC)cc23)CC1. The van der Waals surface area contributed by atoms with Crippen molar-refractivity contribution in [3.8, 4) is 5.75 Å². The van der Waals surface area contributed by atoms with E-state index in [1.807, 2.05) is 6.07 Å². The number of carbonyl (C=O) groups excluding carboxylic acids is 1. The lowest BCUT2D eigenvalue weighted by molar-refractivity contribution is -0.139. The Balaban J connectivity index is 1.42. The average molecular weight is 384 g/mol. The van der Waals surface area contributed by atoms with Gasteiger partial charge in [0, 0.05) is 30.2 Å². The van der Waals surface area contributed by atoms with E-state index >= 15 is 0 Å². The molecule has 28 heavy (non-hydrogen) atoms. The van der Waals surface area contributed by atoms with Crippen molar-refractivity contribution in [2.24, 2.45) is 0 Å². The van der Waals surface area contributed by atoms with Gasteiger partial charge in [-0.3, -0.25) is 9.69 Å². The van der Waals surface area contributed by atoms with Crippen molar-refractivity contribution in [3.05, 3.63) is 30.0 Å². The van der Waals surface area contributed by atoms with Crippen molar-refractivity contribution in [1.82, 2.24) is 14.8 Å². The number of hydrogen-bond acceptors (Lipinski definition) is 3. The summed E-state index contributed by atoms with van der Waals surface area (Å²) in [4.78, 5) is 21.1. The van der Waals surface area contributed by atoms with Gasteiger partial charge in [-0.05, 0) is 74.9 Å². The number of hydrogen-bond donors (Lipinski definition) is 1. The zero-order valence-electron chi connectivity index (χ0n) is 17.2. The van der Waals surface area contributed by atoms with E-state index in [1.165, 1.54) is 23.8 Å². The maximum Gasteiger partial charge on any atom is 0.239 e. The number of rotatable bonds is 5. The van der Waals surface area contributed by atoms with E-state index in [1.54, 1.807) is 7.11 Å². The Morgan fingerprint density at radius 3 is 2.75 bits per heavy atom. The monoisotopic (exact) mass is 383 g/mol. The number of nitrogens with zero attached hydrogens (tertiary/aromatic N) is 2. The summed E-state index contributed by atoms with van der Waals surface area (Å²) in [7, 11) is 1.71. The highest BCUT2D eigenvalue weighted by atomic mass is 16.5. The number of ether oxygens (including phenoxy) is 1. The second kappa shape index (κ2) is 8.56. The summed E-state index contributed by atoms with van der Waals surface area (Å²) >= 11 is 0. The van der Waals surface area contributed by atoms with E-state index < -0.39 is 0 Å². The fraction of sp³-hybridized carbons (Fsp3) is 0.609. The van der Waals surface area contributed by atoms with Crippen LogP contribution >= 0.6 is 0 Å². The Bertz CT molecular complexity index is 805. The van der Waals surface area contributed by atoms with Crippen LogP contribution in [0.5, 0.6) is 5.75 Å². The molecule has 5 heteroatoms. The molecule has 5 nitrogen and oxygen atoms in total. The first-order chi connectivity index (χ1) is 13.7. The molecule has 1 N–H and O–H groups in total. The molecule has 2 fully saturated rings. The highest BCUT2D eigenvalue weighted by molar-refractivity contribution is 5.85. The third kappa shape index (κ3) is 3.77. The van der Waals surface area contributed by atoms with Crippen LogP contribution in [-0.4, -0.2) is 60.0 Å². The molecule has 0 bridgehead atoms. The van der Waals surface area contributed by atoms with E-state index in [0.717, 1.165) is 63.1 Å². The minimum atomic E-state index is 0.114. The molecule has 2 aliphatic heterocycles. The molecular formula is C23H33N3O2. The summed E-state index contributed by atoms with van der Waals surface area (Å²) in [6, 6.07) is 6.32. The summed E-state index contributed by atoms with van der Waals surface area (Å²) in [5.74, 6) is 1.77. The second-order valence-corrected chi connectivity index (χ2v) is 8.30. The Morgan fingerprint density at radius 1 is 1.18 bits per heavy atom. The highest BCUT2D eigenvalue weighted by Crippen LogP contribution is 2.35. The van der Waals surface area contributed by atoms with Gasteiger partial charge in [0.1, 0.15) is 5.75 Å². The Labute approximate surface area is 168 Å². The average Bonchev–Trinajstić information content (AvgIpc) is 3.17. The van der Waals surface area contributed by atoms with E-state index in [4.69, 9.17) is 4.74 Å². The van der Waals surface area contributed by atoms with Crippen LogP contribution < -0.4 is 4.74 Å². The molecule has 1 aromatic carbocycles. The first-order valence-electron chi connectivity index (χ1n) is 10.9. The van der Waals surface area contributed by atoms with E-state index in [0.29, 0.717) is 11.8 Å². The van der Waals surface area contributed by atoms with Gasteiger partial charge in [0.25, 0.3) is 0 Å². The Hall–Kier alpha value is -2.01. The van der Waals surface area contributed by atoms with Gasteiger partial charge in [-0.2, -0.15) is 0 Å². The molecule has 3 heterocycles. The number of H-pyrrole nitrogens is 1. The molecule has 1 aromatic heterocycles. The van der Waals surface area contributed by atoms with Crippen molar-refractivity contribution in [3.63, 3.8) is 0 Å². The minimum absolute atomic E-state index is 0.114. The van der Waals surface area contributed by atoms with Gasteiger partial charge < -0.3 is 14.6 Å². The number of aromatic nitrogens is 1. The van der Waals surface area contributed by atoms with Gasteiger partial charge in [0.2, 0.25) is 5.91 Å².